The van der Waals surface area contributed by atoms with Crippen molar-refractivity contribution in [2.24, 2.45) is 5.92 Å². The third-order valence-electron chi connectivity index (χ3n) is 4.10. The molecule has 1 aromatic rings. The summed E-state index contributed by atoms with van der Waals surface area (Å²) in [4.78, 5) is 0. The maximum Gasteiger partial charge on any atom is 0.117 e. The number of furan rings is 1. The van der Waals surface area contributed by atoms with Crippen LogP contribution in [0.25, 0.3) is 0 Å². The molecule has 3 unspecified atom stereocenters. The Morgan fingerprint density at radius 1 is 1.39 bits per heavy atom. The maximum absolute atomic E-state index is 5.90. The molecule has 0 spiro atoms. The predicted octanol–water partition coefficient (Wildman–Crippen LogP) is 3.78. The fourth-order valence-corrected chi connectivity index (χ4v) is 4.01. The molecule has 1 saturated heterocycles. The zero-order chi connectivity index (χ0) is 12.4. The summed E-state index contributed by atoms with van der Waals surface area (Å²) in [6, 6.07) is 4.31. The summed E-state index contributed by atoms with van der Waals surface area (Å²) in [6.45, 7) is 4.31. The lowest BCUT2D eigenvalue weighted by Gasteiger charge is -2.21. The Hall–Kier alpha value is -0.410. The van der Waals surface area contributed by atoms with Gasteiger partial charge in [0.1, 0.15) is 11.5 Å². The van der Waals surface area contributed by atoms with Crippen LogP contribution >= 0.6 is 11.8 Å². The fraction of sp³-hybridized carbons (Fsp3) is 0.733. The Kier molecular flexibility index (Phi) is 4.00. The van der Waals surface area contributed by atoms with Crippen molar-refractivity contribution < 1.29 is 4.42 Å². The van der Waals surface area contributed by atoms with Crippen molar-refractivity contribution in [2.75, 3.05) is 12.3 Å². The Morgan fingerprint density at radius 2 is 2.28 bits per heavy atom. The van der Waals surface area contributed by atoms with Gasteiger partial charge in [-0.05, 0) is 43.1 Å². The smallest absolute Gasteiger partial charge is 0.117 e. The molecule has 3 heteroatoms. The predicted molar refractivity (Wildman–Crippen MR) is 77.0 cm³/mol. The molecular formula is C15H23NOS. The second-order valence-electron chi connectivity index (χ2n) is 5.74. The largest absolute Gasteiger partial charge is 0.464 e. The van der Waals surface area contributed by atoms with Crippen molar-refractivity contribution in [3.63, 3.8) is 0 Å². The van der Waals surface area contributed by atoms with Crippen LogP contribution in [-0.2, 0) is 6.54 Å². The van der Waals surface area contributed by atoms with Crippen molar-refractivity contribution in [1.29, 1.82) is 0 Å². The molecule has 1 aliphatic heterocycles. The zero-order valence-electron chi connectivity index (χ0n) is 11.2. The number of rotatable bonds is 5. The van der Waals surface area contributed by atoms with Gasteiger partial charge in [0.05, 0.1) is 6.54 Å². The van der Waals surface area contributed by atoms with E-state index in [1.165, 1.54) is 37.2 Å². The molecule has 2 nitrogen and oxygen atoms in total. The molecule has 2 aliphatic rings. The molecule has 100 valence electrons. The third kappa shape index (κ3) is 3.12. The number of hydrogen-bond donors (Lipinski definition) is 1. The van der Waals surface area contributed by atoms with Gasteiger partial charge in [-0.2, -0.15) is 11.8 Å². The van der Waals surface area contributed by atoms with E-state index in [2.05, 4.69) is 36.1 Å². The van der Waals surface area contributed by atoms with Crippen LogP contribution in [0.2, 0.25) is 0 Å². The van der Waals surface area contributed by atoms with E-state index in [1.54, 1.807) is 0 Å². The van der Waals surface area contributed by atoms with E-state index in [-0.39, 0.29) is 0 Å². The van der Waals surface area contributed by atoms with Crippen molar-refractivity contribution in [1.82, 2.24) is 5.32 Å². The van der Waals surface area contributed by atoms with Gasteiger partial charge >= 0.3 is 0 Å². The summed E-state index contributed by atoms with van der Waals surface area (Å²) in [7, 11) is 0. The minimum Gasteiger partial charge on any atom is -0.464 e. The molecule has 3 atom stereocenters. The Morgan fingerprint density at radius 3 is 3.00 bits per heavy atom. The van der Waals surface area contributed by atoms with Gasteiger partial charge in [-0.15, -0.1) is 0 Å². The van der Waals surface area contributed by atoms with Gasteiger partial charge in [-0.25, -0.2) is 0 Å². The second-order valence-corrected chi connectivity index (χ2v) is 7.15. The normalized spacial score (nSPS) is 31.5. The van der Waals surface area contributed by atoms with Gasteiger partial charge in [0.2, 0.25) is 0 Å². The average Bonchev–Trinajstić information content (AvgIpc) is 2.94. The molecular weight excluding hydrogens is 242 g/mol. The summed E-state index contributed by atoms with van der Waals surface area (Å²) in [5.74, 6) is 5.18. The highest BCUT2D eigenvalue weighted by molar-refractivity contribution is 7.99. The van der Waals surface area contributed by atoms with E-state index in [0.29, 0.717) is 5.92 Å². The summed E-state index contributed by atoms with van der Waals surface area (Å²) >= 11 is 2.13. The van der Waals surface area contributed by atoms with Crippen LogP contribution in [-0.4, -0.2) is 17.5 Å². The van der Waals surface area contributed by atoms with Crippen LogP contribution in [0.4, 0.5) is 0 Å². The first-order chi connectivity index (χ1) is 8.83. The lowest BCUT2D eigenvalue weighted by Crippen LogP contribution is -2.26. The number of thioether (sulfide) groups is 1. The molecule has 2 heterocycles. The summed E-state index contributed by atoms with van der Waals surface area (Å²) < 4.78 is 5.90. The quantitative estimate of drug-likeness (QED) is 0.877. The maximum atomic E-state index is 5.90. The van der Waals surface area contributed by atoms with Crippen LogP contribution in [0.15, 0.2) is 16.5 Å². The van der Waals surface area contributed by atoms with E-state index in [1.807, 2.05) is 0 Å². The van der Waals surface area contributed by atoms with Gasteiger partial charge in [0.15, 0.2) is 0 Å². The van der Waals surface area contributed by atoms with Crippen LogP contribution in [0, 0.1) is 5.92 Å². The highest BCUT2D eigenvalue weighted by atomic mass is 32.2. The molecule has 1 saturated carbocycles. The van der Waals surface area contributed by atoms with Gasteiger partial charge in [0, 0.05) is 17.7 Å². The molecule has 1 aliphatic carbocycles. The first-order valence-electron chi connectivity index (χ1n) is 7.24. The molecule has 0 radical (unpaired) electrons. The summed E-state index contributed by atoms with van der Waals surface area (Å²) in [6.07, 6.45) is 5.49. The molecule has 0 aromatic carbocycles. The molecule has 18 heavy (non-hydrogen) atoms. The molecule has 3 rings (SSSR count). The van der Waals surface area contributed by atoms with Crippen LogP contribution in [0.3, 0.4) is 0 Å². The second kappa shape index (κ2) is 5.70. The van der Waals surface area contributed by atoms with E-state index in [0.717, 1.165) is 30.0 Å². The van der Waals surface area contributed by atoms with Crippen molar-refractivity contribution in [3.05, 3.63) is 23.7 Å². The van der Waals surface area contributed by atoms with Crippen LogP contribution in [0.5, 0.6) is 0 Å². The Bertz CT molecular complexity index is 384. The molecule has 1 N–H and O–H groups in total. The van der Waals surface area contributed by atoms with Crippen molar-refractivity contribution in [2.45, 2.75) is 50.3 Å². The lowest BCUT2D eigenvalue weighted by molar-refractivity contribution is 0.442. The standard InChI is InChI=1S/C15H23NOS/c1-11-8-14(11)15-6-5-12(17-15)9-16-10-13-4-2-3-7-18-13/h5-6,11,13-14,16H,2-4,7-10H2,1H3. The van der Waals surface area contributed by atoms with Gasteiger partial charge in [-0.1, -0.05) is 13.3 Å². The van der Waals surface area contributed by atoms with E-state index >= 15 is 0 Å². The third-order valence-corrected chi connectivity index (χ3v) is 5.50. The number of hydrogen-bond acceptors (Lipinski definition) is 3. The van der Waals surface area contributed by atoms with E-state index in [4.69, 9.17) is 4.42 Å². The topological polar surface area (TPSA) is 25.2 Å². The molecule has 0 bridgehead atoms. The molecule has 1 aromatic heterocycles. The van der Waals surface area contributed by atoms with Crippen molar-refractivity contribution in [3.8, 4) is 0 Å². The van der Waals surface area contributed by atoms with Crippen LogP contribution < -0.4 is 5.32 Å². The minimum absolute atomic E-state index is 0.702. The van der Waals surface area contributed by atoms with E-state index < -0.39 is 0 Å². The lowest BCUT2D eigenvalue weighted by atomic mass is 10.2. The van der Waals surface area contributed by atoms with Gasteiger partial charge < -0.3 is 9.73 Å². The minimum atomic E-state index is 0.702. The number of nitrogens with one attached hydrogen (secondary N) is 1. The highest BCUT2D eigenvalue weighted by Crippen LogP contribution is 2.47. The molecule has 2 fully saturated rings. The monoisotopic (exact) mass is 265 g/mol. The summed E-state index contributed by atoms with van der Waals surface area (Å²) in [5.41, 5.74) is 0. The fourth-order valence-electron chi connectivity index (χ4n) is 2.73. The zero-order valence-corrected chi connectivity index (χ0v) is 12.0. The van der Waals surface area contributed by atoms with Gasteiger partial charge in [0.25, 0.3) is 0 Å². The molecule has 0 amide bonds. The highest BCUT2D eigenvalue weighted by Gasteiger charge is 2.36. The SMILES string of the molecule is CC1CC1c1ccc(CNCC2CCCCS2)o1. The first-order valence-corrected chi connectivity index (χ1v) is 8.29. The van der Waals surface area contributed by atoms with Crippen molar-refractivity contribution >= 4 is 11.8 Å². The van der Waals surface area contributed by atoms with Gasteiger partial charge in [-0.3, -0.25) is 0 Å². The van der Waals surface area contributed by atoms with E-state index in [9.17, 15) is 0 Å². The van der Waals surface area contributed by atoms with Crippen LogP contribution in [0.1, 0.15) is 50.0 Å². The first kappa shape index (κ1) is 12.6. The Labute approximate surface area is 114 Å². The average molecular weight is 265 g/mol. The summed E-state index contributed by atoms with van der Waals surface area (Å²) in [5, 5.41) is 4.36. The Balaban J connectivity index is 1.41.